The quantitative estimate of drug-likeness (QED) is 0.779. The first kappa shape index (κ1) is 17.5. The van der Waals surface area contributed by atoms with Gasteiger partial charge in [-0.2, -0.15) is 0 Å². The number of rotatable bonds is 4. The largest absolute Gasteiger partial charge is 0.339 e. The van der Waals surface area contributed by atoms with Crippen LogP contribution in [0.15, 0.2) is 24.3 Å². The number of amides is 5. The normalized spacial score (nSPS) is 20.1. The summed E-state index contributed by atoms with van der Waals surface area (Å²) in [6, 6.07) is 6.60. The van der Waals surface area contributed by atoms with Gasteiger partial charge in [0.2, 0.25) is 11.8 Å². The molecule has 0 spiro atoms. The van der Waals surface area contributed by atoms with E-state index >= 15 is 0 Å². The lowest BCUT2D eigenvalue weighted by molar-refractivity contribution is -0.134. The summed E-state index contributed by atoms with van der Waals surface area (Å²) in [5.41, 5.74) is 1.26. The monoisotopic (exact) mass is 370 g/mol. The van der Waals surface area contributed by atoms with Crippen molar-refractivity contribution in [2.24, 2.45) is 5.92 Å². The predicted octanol–water partition coefficient (Wildman–Crippen LogP) is 0.433. The SMILES string of the molecule is O=C(c1cccc(CN2C(=O)CNC2=O)c1)N1CCN(C(=O)C2CC2)CC1. The predicted molar refractivity (Wildman–Crippen MR) is 95.6 cm³/mol. The highest BCUT2D eigenvalue weighted by Crippen LogP contribution is 2.31. The second-order valence-electron chi connectivity index (χ2n) is 7.23. The minimum atomic E-state index is -0.409. The highest BCUT2D eigenvalue weighted by molar-refractivity contribution is 6.02. The summed E-state index contributed by atoms with van der Waals surface area (Å²) in [5.74, 6) is 0.0628. The van der Waals surface area contributed by atoms with Gasteiger partial charge in [-0.25, -0.2) is 4.79 Å². The maximum atomic E-state index is 12.8. The summed E-state index contributed by atoms with van der Waals surface area (Å²) >= 11 is 0. The van der Waals surface area contributed by atoms with Crippen LogP contribution in [0.1, 0.15) is 28.8 Å². The summed E-state index contributed by atoms with van der Waals surface area (Å²) in [4.78, 5) is 53.1. The Balaban J connectivity index is 1.38. The van der Waals surface area contributed by atoms with E-state index in [-0.39, 0.29) is 36.7 Å². The third kappa shape index (κ3) is 3.65. The molecule has 0 atom stereocenters. The van der Waals surface area contributed by atoms with Crippen LogP contribution in [-0.4, -0.2) is 71.2 Å². The van der Waals surface area contributed by atoms with Crippen LogP contribution >= 0.6 is 0 Å². The Hall–Kier alpha value is -2.90. The standard InChI is InChI=1S/C19H22N4O4/c24-16-11-20-19(27)23(16)12-13-2-1-3-15(10-13)18(26)22-8-6-21(7-9-22)17(25)14-4-5-14/h1-3,10,14H,4-9,11-12H2,(H,20,27). The molecule has 1 saturated carbocycles. The van der Waals surface area contributed by atoms with Crippen LogP contribution < -0.4 is 5.32 Å². The lowest BCUT2D eigenvalue weighted by atomic mass is 10.1. The van der Waals surface area contributed by atoms with Crippen LogP contribution in [-0.2, 0) is 16.1 Å². The van der Waals surface area contributed by atoms with Crippen molar-refractivity contribution < 1.29 is 19.2 Å². The molecule has 2 saturated heterocycles. The fraction of sp³-hybridized carbons (Fsp3) is 0.474. The number of hydrogen-bond acceptors (Lipinski definition) is 4. The zero-order valence-electron chi connectivity index (χ0n) is 15.0. The maximum absolute atomic E-state index is 12.8. The molecule has 2 heterocycles. The second kappa shape index (κ2) is 7.02. The van der Waals surface area contributed by atoms with Crippen LogP contribution in [0.25, 0.3) is 0 Å². The molecule has 2 aliphatic heterocycles. The number of carbonyl (C=O) groups is 4. The van der Waals surface area contributed by atoms with Crippen molar-refractivity contribution in [2.45, 2.75) is 19.4 Å². The molecular formula is C19H22N4O4. The van der Waals surface area contributed by atoms with E-state index in [9.17, 15) is 19.2 Å². The molecular weight excluding hydrogens is 348 g/mol. The molecule has 0 aromatic heterocycles. The zero-order chi connectivity index (χ0) is 19.0. The molecule has 1 aliphatic carbocycles. The van der Waals surface area contributed by atoms with E-state index in [0.717, 1.165) is 23.3 Å². The van der Waals surface area contributed by atoms with Gasteiger partial charge in [-0.3, -0.25) is 19.3 Å². The van der Waals surface area contributed by atoms with E-state index < -0.39 is 6.03 Å². The van der Waals surface area contributed by atoms with Crippen molar-refractivity contribution in [3.05, 3.63) is 35.4 Å². The summed E-state index contributed by atoms with van der Waals surface area (Å²) in [6.45, 7) is 2.35. The number of hydrogen-bond donors (Lipinski definition) is 1. The topological polar surface area (TPSA) is 90.0 Å². The Morgan fingerprint density at radius 3 is 2.37 bits per heavy atom. The Labute approximate surface area is 157 Å². The maximum Gasteiger partial charge on any atom is 0.324 e. The average molecular weight is 370 g/mol. The molecule has 1 N–H and O–H groups in total. The molecule has 8 nitrogen and oxygen atoms in total. The molecule has 0 unspecified atom stereocenters. The van der Waals surface area contributed by atoms with Crippen LogP contribution in [0.2, 0.25) is 0 Å². The summed E-state index contributed by atoms with van der Waals surface area (Å²) in [5, 5.41) is 2.48. The second-order valence-corrected chi connectivity index (χ2v) is 7.23. The zero-order valence-corrected chi connectivity index (χ0v) is 15.0. The molecule has 0 bridgehead atoms. The lowest BCUT2D eigenvalue weighted by Crippen LogP contribution is -2.51. The van der Waals surface area contributed by atoms with Crippen molar-refractivity contribution in [2.75, 3.05) is 32.7 Å². The molecule has 27 heavy (non-hydrogen) atoms. The first-order chi connectivity index (χ1) is 13.0. The van der Waals surface area contributed by atoms with E-state index in [1.807, 2.05) is 4.90 Å². The van der Waals surface area contributed by atoms with Crippen molar-refractivity contribution >= 4 is 23.8 Å². The molecule has 3 aliphatic rings. The molecule has 1 aromatic rings. The van der Waals surface area contributed by atoms with E-state index in [4.69, 9.17) is 0 Å². The van der Waals surface area contributed by atoms with E-state index in [0.29, 0.717) is 31.7 Å². The van der Waals surface area contributed by atoms with Crippen LogP contribution in [0.4, 0.5) is 4.79 Å². The number of nitrogens with zero attached hydrogens (tertiary/aromatic N) is 3. The first-order valence-electron chi connectivity index (χ1n) is 9.28. The van der Waals surface area contributed by atoms with Crippen molar-refractivity contribution in [1.29, 1.82) is 0 Å². The Bertz CT molecular complexity index is 781. The van der Waals surface area contributed by atoms with Gasteiger partial charge in [0.15, 0.2) is 0 Å². The number of piperazine rings is 1. The third-order valence-corrected chi connectivity index (χ3v) is 5.26. The first-order valence-corrected chi connectivity index (χ1v) is 9.28. The van der Waals surface area contributed by atoms with Gasteiger partial charge >= 0.3 is 6.03 Å². The number of carbonyl (C=O) groups excluding carboxylic acids is 4. The van der Waals surface area contributed by atoms with Crippen molar-refractivity contribution in [1.82, 2.24) is 20.0 Å². The van der Waals surface area contributed by atoms with Gasteiger partial charge in [0.1, 0.15) is 0 Å². The van der Waals surface area contributed by atoms with Gasteiger partial charge in [-0.1, -0.05) is 12.1 Å². The number of nitrogens with one attached hydrogen (secondary N) is 1. The third-order valence-electron chi connectivity index (χ3n) is 5.26. The summed E-state index contributed by atoms with van der Waals surface area (Å²) in [6.07, 6.45) is 1.98. The fourth-order valence-corrected chi connectivity index (χ4v) is 3.50. The fourth-order valence-electron chi connectivity index (χ4n) is 3.50. The van der Waals surface area contributed by atoms with Gasteiger partial charge in [0, 0.05) is 37.7 Å². The van der Waals surface area contributed by atoms with Crippen molar-refractivity contribution in [3.63, 3.8) is 0 Å². The molecule has 8 heteroatoms. The molecule has 1 aromatic carbocycles. The molecule has 4 rings (SSSR count). The summed E-state index contributed by atoms with van der Waals surface area (Å²) < 4.78 is 0. The van der Waals surface area contributed by atoms with Crippen LogP contribution in [0.5, 0.6) is 0 Å². The molecule has 0 radical (unpaired) electrons. The molecule has 142 valence electrons. The summed E-state index contributed by atoms with van der Waals surface area (Å²) in [7, 11) is 0. The van der Waals surface area contributed by atoms with E-state index in [1.165, 1.54) is 0 Å². The van der Waals surface area contributed by atoms with Gasteiger partial charge < -0.3 is 15.1 Å². The molecule has 5 amide bonds. The Morgan fingerprint density at radius 1 is 1.04 bits per heavy atom. The minimum absolute atomic E-state index is 0.0152. The van der Waals surface area contributed by atoms with Crippen molar-refractivity contribution in [3.8, 4) is 0 Å². The number of urea groups is 1. The van der Waals surface area contributed by atoms with Gasteiger partial charge in [0.05, 0.1) is 13.1 Å². The van der Waals surface area contributed by atoms with Gasteiger partial charge in [0.25, 0.3) is 5.91 Å². The Morgan fingerprint density at radius 2 is 1.74 bits per heavy atom. The smallest absolute Gasteiger partial charge is 0.324 e. The van der Waals surface area contributed by atoms with Gasteiger partial charge in [-0.15, -0.1) is 0 Å². The highest BCUT2D eigenvalue weighted by Gasteiger charge is 2.35. The number of benzene rings is 1. The average Bonchev–Trinajstić information content (AvgIpc) is 3.50. The van der Waals surface area contributed by atoms with E-state index in [1.54, 1.807) is 29.2 Å². The van der Waals surface area contributed by atoms with Crippen LogP contribution in [0, 0.1) is 5.92 Å². The number of imide groups is 1. The molecule has 3 fully saturated rings. The highest BCUT2D eigenvalue weighted by atomic mass is 16.2. The lowest BCUT2D eigenvalue weighted by Gasteiger charge is -2.35. The van der Waals surface area contributed by atoms with Crippen LogP contribution in [0.3, 0.4) is 0 Å². The van der Waals surface area contributed by atoms with Gasteiger partial charge in [-0.05, 0) is 30.5 Å². The Kier molecular flexibility index (Phi) is 4.55. The minimum Gasteiger partial charge on any atom is -0.339 e. The van der Waals surface area contributed by atoms with E-state index in [2.05, 4.69) is 5.32 Å².